The van der Waals surface area contributed by atoms with Crippen molar-refractivity contribution in [2.24, 2.45) is 5.41 Å². The number of hydrogen-bond acceptors (Lipinski definition) is 3. The average Bonchev–Trinajstić information content (AvgIpc) is 3.34. The highest BCUT2D eigenvalue weighted by molar-refractivity contribution is 6.36. The lowest BCUT2D eigenvalue weighted by Gasteiger charge is -2.18. The number of nitrogens with zero attached hydrogens (tertiary/aromatic N) is 2. The quantitative estimate of drug-likeness (QED) is 0.190. The van der Waals surface area contributed by atoms with Crippen LogP contribution in [-0.4, -0.2) is 29.1 Å². The normalized spacial score (nSPS) is 11.7. The smallest absolute Gasteiger partial charge is 0.220 e. The van der Waals surface area contributed by atoms with Gasteiger partial charge >= 0.3 is 0 Å². The summed E-state index contributed by atoms with van der Waals surface area (Å²) in [5.74, 6) is 1.70. The molecule has 1 aromatic heterocycles. The third kappa shape index (κ3) is 8.97. The molecule has 1 N–H and O–H groups in total. The van der Waals surface area contributed by atoms with Crippen molar-refractivity contribution in [2.45, 2.75) is 46.6 Å². The molecule has 0 saturated carbocycles. The van der Waals surface area contributed by atoms with E-state index in [2.05, 4.69) is 67.1 Å². The average molecular weight is 591 g/mol. The first-order valence-electron chi connectivity index (χ1n) is 13.8. The van der Waals surface area contributed by atoms with Crippen molar-refractivity contribution in [3.8, 4) is 28.1 Å². The van der Waals surface area contributed by atoms with Crippen molar-refractivity contribution in [1.82, 2.24) is 14.9 Å². The lowest BCUT2D eigenvalue weighted by Crippen LogP contribution is -2.27. The molecule has 0 aliphatic rings. The molecule has 4 rings (SSSR count). The first-order valence-corrected chi connectivity index (χ1v) is 14.6. The van der Waals surface area contributed by atoms with Crippen LogP contribution >= 0.6 is 23.2 Å². The zero-order valence-corrected chi connectivity index (χ0v) is 25.6. The minimum atomic E-state index is 0.0735. The van der Waals surface area contributed by atoms with Gasteiger partial charge in [0.1, 0.15) is 11.6 Å². The van der Waals surface area contributed by atoms with Crippen molar-refractivity contribution >= 4 is 41.3 Å². The molecule has 0 saturated heterocycles. The summed E-state index contributed by atoms with van der Waals surface area (Å²) in [5, 5.41) is 4.16. The minimum Gasteiger partial charge on any atom is -0.497 e. The van der Waals surface area contributed by atoms with E-state index >= 15 is 0 Å². The highest BCUT2D eigenvalue weighted by Gasteiger charge is 2.13. The standard InChI is InChI=1S/C34H37Cl2N3O2/c1-34(2,3)19-20-37-33(40)6-5-21-39-23-31(29-17-14-27(35)22-30(29)36)38-32(39)18-9-24-7-10-25(11-8-24)26-12-15-28(41-4)16-13-26/h7-18,22-23H,5-6,19-21H2,1-4H3,(H,37,40). The van der Waals surface area contributed by atoms with Crippen LogP contribution in [0.5, 0.6) is 5.75 Å². The molecule has 0 aliphatic carbocycles. The zero-order chi connectivity index (χ0) is 29.4. The van der Waals surface area contributed by atoms with Gasteiger partial charge in [0, 0.05) is 36.3 Å². The maximum absolute atomic E-state index is 12.4. The molecule has 214 valence electrons. The summed E-state index contributed by atoms with van der Waals surface area (Å²) < 4.78 is 7.34. The monoisotopic (exact) mass is 589 g/mol. The number of methoxy groups -OCH3 is 1. The van der Waals surface area contributed by atoms with E-state index in [0.29, 0.717) is 36.0 Å². The minimum absolute atomic E-state index is 0.0735. The number of rotatable bonds is 11. The van der Waals surface area contributed by atoms with E-state index in [-0.39, 0.29) is 11.3 Å². The van der Waals surface area contributed by atoms with Crippen LogP contribution in [0, 0.1) is 5.41 Å². The summed E-state index contributed by atoms with van der Waals surface area (Å²) in [5.41, 5.74) is 5.08. The number of carbonyl (C=O) groups excluding carboxylic acids is 1. The summed E-state index contributed by atoms with van der Waals surface area (Å²) in [6, 6.07) is 21.8. The van der Waals surface area contributed by atoms with Gasteiger partial charge in [-0.2, -0.15) is 0 Å². The topological polar surface area (TPSA) is 56.2 Å². The first-order chi connectivity index (χ1) is 19.6. The van der Waals surface area contributed by atoms with Gasteiger partial charge < -0.3 is 14.6 Å². The molecule has 7 heteroatoms. The van der Waals surface area contributed by atoms with E-state index in [0.717, 1.165) is 45.9 Å². The predicted molar refractivity (Wildman–Crippen MR) is 171 cm³/mol. The SMILES string of the molecule is COc1ccc(-c2ccc(C=Cc3nc(-c4ccc(Cl)cc4Cl)cn3CCCC(=O)NCCC(C)(C)C)cc2)cc1. The third-order valence-corrected chi connectivity index (χ3v) is 7.32. The molecule has 0 aliphatic heterocycles. The fourth-order valence-electron chi connectivity index (χ4n) is 4.39. The lowest BCUT2D eigenvalue weighted by molar-refractivity contribution is -0.121. The van der Waals surface area contributed by atoms with Gasteiger partial charge in [0.15, 0.2) is 0 Å². The molecule has 0 bridgehead atoms. The fraction of sp³-hybridized carbons (Fsp3) is 0.294. The van der Waals surface area contributed by atoms with Crippen LogP contribution in [0.15, 0.2) is 72.9 Å². The number of ether oxygens (including phenoxy) is 1. The second-order valence-electron chi connectivity index (χ2n) is 11.2. The summed E-state index contributed by atoms with van der Waals surface area (Å²) in [4.78, 5) is 17.3. The van der Waals surface area contributed by atoms with E-state index in [4.69, 9.17) is 32.9 Å². The summed E-state index contributed by atoms with van der Waals surface area (Å²) >= 11 is 12.6. The Morgan fingerprint density at radius 1 is 0.976 bits per heavy atom. The number of amides is 1. The molecule has 1 amide bonds. The van der Waals surface area contributed by atoms with Crippen molar-refractivity contribution in [3.63, 3.8) is 0 Å². The molecule has 1 heterocycles. The van der Waals surface area contributed by atoms with Gasteiger partial charge in [0.2, 0.25) is 5.91 Å². The number of halogens is 2. The van der Waals surface area contributed by atoms with E-state index in [9.17, 15) is 4.79 Å². The van der Waals surface area contributed by atoms with Crippen LogP contribution in [-0.2, 0) is 11.3 Å². The number of benzene rings is 3. The Labute approximate surface area is 253 Å². The number of carbonyl (C=O) groups is 1. The molecule has 0 atom stereocenters. The Morgan fingerprint density at radius 3 is 2.29 bits per heavy atom. The highest BCUT2D eigenvalue weighted by atomic mass is 35.5. The Kier molecular flexibility index (Phi) is 10.3. The van der Waals surface area contributed by atoms with E-state index < -0.39 is 0 Å². The number of nitrogens with one attached hydrogen (secondary N) is 1. The number of aromatic nitrogens is 2. The first kappa shape index (κ1) is 30.4. The van der Waals surface area contributed by atoms with Crippen LogP contribution in [0.25, 0.3) is 34.5 Å². The van der Waals surface area contributed by atoms with Gasteiger partial charge in [0.05, 0.1) is 17.8 Å². The summed E-state index contributed by atoms with van der Waals surface area (Å²) in [6.45, 7) is 7.87. The fourth-order valence-corrected chi connectivity index (χ4v) is 4.89. The molecule has 0 radical (unpaired) electrons. The van der Waals surface area contributed by atoms with Gasteiger partial charge in [0.25, 0.3) is 0 Å². The maximum atomic E-state index is 12.4. The van der Waals surface area contributed by atoms with Crippen LogP contribution < -0.4 is 10.1 Å². The molecule has 0 unspecified atom stereocenters. The van der Waals surface area contributed by atoms with Crippen molar-refractivity contribution in [1.29, 1.82) is 0 Å². The molecule has 41 heavy (non-hydrogen) atoms. The number of imidazole rings is 1. The third-order valence-electron chi connectivity index (χ3n) is 6.77. The van der Waals surface area contributed by atoms with E-state index in [1.54, 1.807) is 13.2 Å². The number of aryl methyl sites for hydroxylation is 1. The summed E-state index contributed by atoms with van der Waals surface area (Å²) in [7, 11) is 1.67. The second kappa shape index (κ2) is 13.9. The van der Waals surface area contributed by atoms with Crippen molar-refractivity contribution in [2.75, 3.05) is 13.7 Å². The predicted octanol–water partition coefficient (Wildman–Crippen LogP) is 9.04. The van der Waals surface area contributed by atoms with Crippen LogP contribution in [0.2, 0.25) is 10.0 Å². The van der Waals surface area contributed by atoms with E-state index in [1.807, 2.05) is 42.6 Å². The molecular formula is C34H37Cl2N3O2. The Morgan fingerprint density at radius 2 is 1.66 bits per heavy atom. The Balaban J connectivity index is 1.48. The van der Waals surface area contributed by atoms with Gasteiger partial charge in [-0.3, -0.25) is 4.79 Å². The van der Waals surface area contributed by atoms with Gasteiger partial charge in [-0.15, -0.1) is 0 Å². The molecule has 0 spiro atoms. The largest absolute Gasteiger partial charge is 0.497 e. The lowest BCUT2D eigenvalue weighted by atomic mass is 9.92. The Bertz CT molecular complexity index is 1480. The van der Waals surface area contributed by atoms with Gasteiger partial charge in [-0.1, -0.05) is 86.4 Å². The van der Waals surface area contributed by atoms with Gasteiger partial charge in [-0.25, -0.2) is 4.98 Å². The summed E-state index contributed by atoms with van der Waals surface area (Å²) in [6.07, 6.45) is 8.13. The van der Waals surface area contributed by atoms with Crippen LogP contribution in [0.4, 0.5) is 0 Å². The van der Waals surface area contributed by atoms with Crippen molar-refractivity contribution in [3.05, 3.63) is 94.4 Å². The molecular weight excluding hydrogens is 553 g/mol. The Hall–Kier alpha value is -3.54. The molecule has 0 fully saturated rings. The molecule has 3 aromatic carbocycles. The van der Waals surface area contributed by atoms with Crippen molar-refractivity contribution < 1.29 is 9.53 Å². The molecule has 4 aromatic rings. The zero-order valence-electron chi connectivity index (χ0n) is 24.1. The number of hydrogen-bond donors (Lipinski definition) is 1. The highest BCUT2D eigenvalue weighted by Crippen LogP contribution is 2.30. The van der Waals surface area contributed by atoms with Crippen LogP contribution in [0.1, 0.15) is 51.4 Å². The molecule has 5 nitrogen and oxygen atoms in total. The maximum Gasteiger partial charge on any atom is 0.220 e. The van der Waals surface area contributed by atoms with Gasteiger partial charge in [-0.05, 0) is 71.4 Å². The second-order valence-corrected chi connectivity index (χ2v) is 12.1. The van der Waals surface area contributed by atoms with Crippen LogP contribution in [0.3, 0.4) is 0 Å². The van der Waals surface area contributed by atoms with E-state index in [1.165, 1.54) is 0 Å².